The highest BCUT2D eigenvalue weighted by Gasteiger charge is 2.20. The van der Waals surface area contributed by atoms with Gasteiger partial charge in [-0.05, 0) is 51.1 Å². The zero-order valence-electron chi connectivity index (χ0n) is 14.7. The molecule has 0 bridgehead atoms. The number of hydrogen-bond donors (Lipinski definition) is 0. The van der Waals surface area contributed by atoms with Crippen molar-refractivity contribution in [3.05, 3.63) is 57.5 Å². The van der Waals surface area contributed by atoms with E-state index in [1.54, 1.807) is 19.2 Å². The SMILES string of the molecule is CN(Cc1ccc(Br)cc1Oc1cccc(Cl)c1)C(=O)OC(C)(C)C. The predicted octanol–water partition coefficient (Wildman–Crippen LogP) is 6.26. The summed E-state index contributed by atoms with van der Waals surface area (Å²) in [6.45, 7) is 5.88. The van der Waals surface area contributed by atoms with Crippen molar-refractivity contribution in [2.45, 2.75) is 32.9 Å². The summed E-state index contributed by atoms with van der Waals surface area (Å²) in [6, 6.07) is 12.8. The van der Waals surface area contributed by atoms with Crippen molar-refractivity contribution < 1.29 is 14.3 Å². The number of hydrogen-bond acceptors (Lipinski definition) is 3. The highest BCUT2D eigenvalue weighted by molar-refractivity contribution is 9.10. The molecule has 0 aromatic heterocycles. The topological polar surface area (TPSA) is 38.8 Å². The van der Waals surface area contributed by atoms with E-state index in [1.807, 2.05) is 51.1 Å². The molecule has 0 radical (unpaired) electrons. The number of benzene rings is 2. The van der Waals surface area contributed by atoms with E-state index >= 15 is 0 Å². The van der Waals surface area contributed by atoms with Gasteiger partial charge in [-0.2, -0.15) is 0 Å². The molecule has 2 aromatic rings. The Morgan fingerprint density at radius 2 is 1.92 bits per heavy atom. The number of carbonyl (C=O) groups is 1. The summed E-state index contributed by atoms with van der Waals surface area (Å²) < 4.78 is 12.2. The van der Waals surface area contributed by atoms with E-state index in [2.05, 4.69) is 15.9 Å². The van der Waals surface area contributed by atoms with E-state index in [9.17, 15) is 4.79 Å². The van der Waals surface area contributed by atoms with Gasteiger partial charge in [0.25, 0.3) is 0 Å². The maximum Gasteiger partial charge on any atom is 0.410 e. The molecule has 0 fully saturated rings. The first-order chi connectivity index (χ1) is 11.6. The summed E-state index contributed by atoms with van der Waals surface area (Å²) in [5.74, 6) is 1.28. The van der Waals surface area contributed by atoms with Crippen molar-refractivity contribution in [3.63, 3.8) is 0 Å². The molecule has 0 saturated carbocycles. The summed E-state index contributed by atoms with van der Waals surface area (Å²) in [4.78, 5) is 13.7. The van der Waals surface area contributed by atoms with Crippen LogP contribution in [-0.2, 0) is 11.3 Å². The van der Waals surface area contributed by atoms with Gasteiger partial charge in [0.05, 0.1) is 6.54 Å². The molecule has 0 unspecified atom stereocenters. The van der Waals surface area contributed by atoms with E-state index < -0.39 is 5.60 Å². The Morgan fingerprint density at radius 3 is 2.56 bits per heavy atom. The van der Waals surface area contributed by atoms with Crippen LogP contribution in [0.1, 0.15) is 26.3 Å². The van der Waals surface area contributed by atoms with Gasteiger partial charge in [0.15, 0.2) is 0 Å². The maximum atomic E-state index is 12.2. The standard InChI is InChI=1S/C19H21BrClNO3/c1-19(2,3)25-18(23)22(4)12-13-8-9-14(20)10-17(13)24-16-7-5-6-15(21)11-16/h5-11H,12H2,1-4H3. The molecule has 2 rings (SSSR count). The zero-order chi connectivity index (χ0) is 18.6. The van der Waals surface area contributed by atoms with Crippen LogP contribution in [0.4, 0.5) is 4.79 Å². The van der Waals surface area contributed by atoms with Crippen LogP contribution < -0.4 is 4.74 Å². The van der Waals surface area contributed by atoms with E-state index in [-0.39, 0.29) is 6.09 Å². The molecule has 0 heterocycles. The summed E-state index contributed by atoms with van der Waals surface area (Å²) in [7, 11) is 1.69. The minimum Gasteiger partial charge on any atom is -0.457 e. The third kappa shape index (κ3) is 6.25. The van der Waals surface area contributed by atoms with Crippen LogP contribution in [0.5, 0.6) is 11.5 Å². The fourth-order valence-electron chi connectivity index (χ4n) is 2.07. The zero-order valence-corrected chi connectivity index (χ0v) is 17.0. The molecular weight excluding hydrogens is 406 g/mol. The average molecular weight is 427 g/mol. The Labute approximate surface area is 161 Å². The largest absolute Gasteiger partial charge is 0.457 e. The molecule has 0 aliphatic rings. The molecule has 0 atom stereocenters. The van der Waals surface area contributed by atoms with Crippen LogP contribution in [0.2, 0.25) is 5.02 Å². The fraction of sp³-hybridized carbons (Fsp3) is 0.316. The normalized spacial score (nSPS) is 11.1. The van der Waals surface area contributed by atoms with Crippen LogP contribution >= 0.6 is 27.5 Å². The van der Waals surface area contributed by atoms with Gasteiger partial charge in [-0.3, -0.25) is 0 Å². The molecule has 0 aliphatic heterocycles. The van der Waals surface area contributed by atoms with E-state index in [0.29, 0.717) is 23.1 Å². The fourth-order valence-corrected chi connectivity index (χ4v) is 2.59. The van der Waals surface area contributed by atoms with Gasteiger partial charge >= 0.3 is 6.09 Å². The Bertz CT molecular complexity index is 759. The number of nitrogens with zero attached hydrogens (tertiary/aromatic N) is 1. The Hall–Kier alpha value is -1.72. The Morgan fingerprint density at radius 1 is 1.20 bits per heavy atom. The lowest BCUT2D eigenvalue weighted by Crippen LogP contribution is -2.33. The Kier molecular flexibility index (Phi) is 6.36. The van der Waals surface area contributed by atoms with Crippen LogP contribution in [0.15, 0.2) is 46.9 Å². The van der Waals surface area contributed by atoms with Gasteiger partial charge in [-0.15, -0.1) is 0 Å². The summed E-state index contributed by atoms with van der Waals surface area (Å²) in [5.41, 5.74) is 0.321. The molecule has 0 spiro atoms. The molecule has 25 heavy (non-hydrogen) atoms. The van der Waals surface area contributed by atoms with Gasteiger partial charge in [0.2, 0.25) is 0 Å². The summed E-state index contributed by atoms with van der Waals surface area (Å²) in [6.07, 6.45) is -0.385. The smallest absolute Gasteiger partial charge is 0.410 e. The maximum absolute atomic E-state index is 12.2. The van der Waals surface area contributed by atoms with E-state index in [1.165, 1.54) is 4.90 Å². The van der Waals surface area contributed by atoms with Crippen molar-refractivity contribution >= 4 is 33.6 Å². The lowest BCUT2D eigenvalue weighted by Gasteiger charge is -2.25. The van der Waals surface area contributed by atoms with Crippen LogP contribution in [-0.4, -0.2) is 23.6 Å². The minimum atomic E-state index is -0.537. The third-order valence-corrected chi connectivity index (χ3v) is 3.89. The third-order valence-electron chi connectivity index (χ3n) is 3.17. The number of amides is 1. The molecule has 2 aromatic carbocycles. The second-order valence-electron chi connectivity index (χ2n) is 6.65. The molecule has 0 saturated heterocycles. The highest BCUT2D eigenvalue weighted by atomic mass is 79.9. The van der Waals surface area contributed by atoms with Crippen LogP contribution in [0.3, 0.4) is 0 Å². The van der Waals surface area contributed by atoms with Crippen molar-refractivity contribution in [2.24, 2.45) is 0 Å². The number of ether oxygens (including phenoxy) is 2. The first kappa shape index (κ1) is 19.6. The second kappa shape index (κ2) is 8.11. The quantitative estimate of drug-likeness (QED) is 0.579. The molecule has 1 amide bonds. The summed E-state index contributed by atoms with van der Waals surface area (Å²) >= 11 is 9.46. The average Bonchev–Trinajstić information content (AvgIpc) is 2.48. The van der Waals surface area contributed by atoms with Crippen molar-refractivity contribution in [1.29, 1.82) is 0 Å². The van der Waals surface area contributed by atoms with E-state index in [4.69, 9.17) is 21.1 Å². The lowest BCUT2D eigenvalue weighted by atomic mass is 10.2. The predicted molar refractivity (Wildman–Crippen MR) is 103 cm³/mol. The first-order valence-corrected chi connectivity index (χ1v) is 8.97. The monoisotopic (exact) mass is 425 g/mol. The van der Waals surface area contributed by atoms with Gasteiger partial charge in [0, 0.05) is 22.1 Å². The molecule has 0 aliphatic carbocycles. The van der Waals surface area contributed by atoms with Gasteiger partial charge in [0.1, 0.15) is 17.1 Å². The van der Waals surface area contributed by atoms with Crippen molar-refractivity contribution in [3.8, 4) is 11.5 Å². The van der Waals surface area contributed by atoms with Crippen LogP contribution in [0, 0.1) is 0 Å². The number of carbonyl (C=O) groups excluding carboxylic acids is 1. The second-order valence-corrected chi connectivity index (χ2v) is 8.00. The van der Waals surface area contributed by atoms with E-state index in [0.717, 1.165) is 10.0 Å². The molecule has 0 N–H and O–H groups in total. The Balaban J connectivity index is 2.19. The van der Waals surface area contributed by atoms with Crippen molar-refractivity contribution in [1.82, 2.24) is 4.90 Å². The molecule has 134 valence electrons. The van der Waals surface area contributed by atoms with Gasteiger partial charge < -0.3 is 14.4 Å². The number of halogens is 2. The highest BCUT2D eigenvalue weighted by Crippen LogP contribution is 2.30. The molecular formula is C19H21BrClNO3. The molecule has 4 nitrogen and oxygen atoms in total. The minimum absolute atomic E-state index is 0.359. The lowest BCUT2D eigenvalue weighted by molar-refractivity contribution is 0.0284. The van der Waals surface area contributed by atoms with Gasteiger partial charge in [-0.25, -0.2) is 4.79 Å². The molecule has 6 heteroatoms. The summed E-state index contributed by atoms with van der Waals surface area (Å²) in [5, 5.41) is 0.597. The van der Waals surface area contributed by atoms with Gasteiger partial charge in [-0.1, -0.05) is 39.7 Å². The first-order valence-electron chi connectivity index (χ1n) is 7.80. The van der Waals surface area contributed by atoms with Crippen molar-refractivity contribution in [2.75, 3.05) is 7.05 Å². The van der Waals surface area contributed by atoms with Crippen LogP contribution in [0.25, 0.3) is 0 Å². The number of rotatable bonds is 4.